The zero-order valence-corrected chi connectivity index (χ0v) is 11.1. The predicted molar refractivity (Wildman–Crippen MR) is 65.5 cm³/mol. The molecule has 0 saturated carbocycles. The Balaban J connectivity index is 2.10. The van der Waals surface area contributed by atoms with Crippen molar-refractivity contribution < 1.29 is 0 Å². The van der Waals surface area contributed by atoms with Crippen LogP contribution in [-0.4, -0.2) is 20.2 Å². The van der Waals surface area contributed by atoms with Gasteiger partial charge in [0.1, 0.15) is 0 Å². The van der Waals surface area contributed by atoms with Crippen LogP contribution < -0.4 is 0 Å². The zero-order chi connectivity index (χ0) is 10.3. The monoisotopic (exact) mass is 279 g/mol. The molecule has 2 aliphatic heterocycles. The van der Waals surface area contributed by atoms with Crippen LogP contribution in [0, 0.1) is 0 Å². The summed E-state index contributed by atoms with van der Waals surface area (Å²) >= 11 is 6.26. The first-order valence-corrected chi connectivity index (χ1v) is 7.67. The maximum atomic E-state index is 6.38. The fraction of sp³-hybridized carbons (Fsp3) is 0.167. The molecule has 1 unspecified atom stereocenters. The molecule has 3 rings (SSSR count). The molecule has 0 aromatic heterocycles. The number of nitrogens with zero attached hydrogens (tertiary/aromatic N) is 1. The molecule has 0 saturated heterocycles. The first kappa shape index (κ1) is 9.57. The van der Waals surface area contributed by atoms with Crippen LogP contribution >= 0.6 is 11.8 Å². The molecule has 0 radical (unpaired) electrons. The normalized spacial score (nSPS) is 25.0. The molecule has 1 atom stereocenters. The first-order valence-electron chi connectivity index (χ1n) is 5.07. The second-order valence-corrected chi connectivity index (χ2v) is 6.51. The van der Waals surface area contributed by atoms with Crippen molar-refractivity contribution in [1.29, 1.82) is 0 Å². The van der Waals surface area contributed by atoms with Crippen LogP contribution in [0.25, 0.3) is 0 Å². The number of fused-ring (bicyclic) bond motifs is 1. The van der Waals surface area contributed by atoms with Gasteiger partial charge in [-0.2, -0.15) is 0 Å². The molecule has 1 aliphatic carbocycles. The van der Waals surface area contributed by atoms with E-state index in [4.69, 9.17) is 11.8 Å². The van der Waals surface area contributed by atoms with E-state index in [-0.39, 0.29) is 15.8 Å². The molecule has 15 heavy (non-hydrogen) atoms. The molecule has 0 fully saturated rings. The van der Waals surface area contributed by atoms with Gasteiger partial charge < -0.3 is 0 Å². The van der Waals surface area contributed by atoms with Gasteiger partial charge in [0.2, 0.25) is 0 Å². The van der Waals surface area contributed by atoms with E-state index in [1.54, 1.807) is 0 Å². The molecule has 3 aliphatic rings. The number of rotatable bonds is 0. The van der Waals surface area contributed by atoms with Gasteiger partial charge in [0.05, 0.1) is 0 Å². The van der Waals surface area contributed by atoms with Crippen LogP contribution in [0.4, 0.5) is 0 Å². The summed E-state index contributed by atoms with van der Waals surface area (Å²) < 4.78 is 3.30. The second kappa shape index (κ2) is 3.73. The Morgan fingerprint density at radius 2 is 2.33 bits per heavy atom. The minimum absolute atomic E-state index is 0.123. The number of halogens is 1. The van der Waals surface area contributed by atoms with E-state index in [2.05, 4.69) is 35.2 Å². The summed E-state index contributed by atoms with van der Waals surface area (Å²) in [6, 6.07) is 0. The molecule has 0 bridgehead atoms. The Morgan fingerprint density at radius 1 is 1.40 bits per heavy atom. The van der Waals surface area contributed by atoms with Crippen molar-refractivity contribution in [2.45, 2.75) is 12.8 Å². The van der Waals surface area contributed by atoms with Crippen molar-refractivity contribution in [1.82, 2.24) is 4.42 Å². The van der Waals surface area contributed by atoms with Gasteiger partial charge in [0.25, 0.3) is 0 Å². The van der Waals surface area contributed by atoms with Crippen molar-refractivity contribution in [3.8, 4) is 0 Å². The summed E-state index contributed by atoms with van der Waals surface area (Å²) in [5.74, 6) is 0. The Hall–Kier alpha value is -0.652. The third-order valence-corrected chi connectivity index (χ3v) is 5.42. The van der Waals surface area contributed by atoms with Crippen molar-refractivity contribution in [3.05, 3.63) is 56.6 Å². The fourth-order valence-corrected chi connectivity index (χ4v) is 4.52. The van der Waals surface area contributed by atoms with E-state index < -0.39 is 0 Å². The average molecular weight is 280 g/mol. The van der Waals surface area contributed by atoms with Gasteiger partial charge in [-0.15, -0.1) is 0 Å². The summed E-state index contributed by atoms with van der Waals surface area (Å²) in [6.07, 6.45) is 13.2. The van der Waals surface area contributed by atoms with Crippen molar-refractivity contribution in [2.75, 3.05) is 0 Å². The third kappa shape index (κ3) is 1.55. The first-order chi connectivity index (χ1) is 7.36. The van der Waals surface area contributed by atoms with E-state index in [0.717, 1.165) is 12.8 Å². The molecule has 0 N–H and O–H groups in total. The Kier molecular flexibility index (Phi) is 2.38. The van der Waals surface area contributed by atoms with Crippen molar-refractivity contribution >= 4 is 27.5 Å². The summed E-state index contributed by atoms with van der Waals surface area (Å²) in [6.45, 7) is 0. The Labute approximate surface area is 101 Å². The second-order valence-electron chi connectivity index (χ2n) is 3.74. The maximum absolute atomic E-state index is 6.38. The number of allylic oxidation sites excluding steroid dienone is 8. The SMILES string of the molecule is ClN1C2=CC=C[AsH]C2=CC2=C1CCC=C2. The molecule has 3 heteroatoms. The zero-order valence-electron chi connectivity index (χ0n) is 8.20. The van der Waals surface area contributed by atoms with Crippen LogP contribution in [0.3, 0.4) is 0 Å². The third-order valence-electron chi connectivity index (χ3n) is 2.79. The summed E-state index contributed by atoms with van der Waals surface area (Å²) in [5, 5.41) is 0. The topological polar surface area (TPSA) is 3.24 Å². The van der Waals surface area contributed by atoms with E-state index in [9.17, 15) is 0 Å². The van der Waals surface area contributed by atoms with Crippen molar-refractivity contribution in [3.63, 3.8) is 0 Å². The minimum atomic E-state index is -0.123. The van der Waals surface area contributed by atoms with Crippen LogP contribution in [0.5, 0.6) is 0 Å². The van der Waals surface area contributed by atoms with Gasteiger partial charge in [-0.05, 0) is 0 Å². The van der Waals surface area contributed by atoms with Gasteiger partial charge in [0.15, 0.2) is 0 Å². The van der Waals surface area contributed by atoms with Crippen LogP contribution in [0.15, 0.2) is 56.6 Å². The molecule has 0 aromatic rings. The van der Waals surface area contributed by atoms with Gasteiger partial charge in [-0.3, -0.25) is 0 Å². The van der Waals surface area contributed by atoms with Crippen LogP contribution in [0.2, 0.25) is 0 Å². The molecule has 76 valence electrons. The van der Waals surface area contributed by atoms with E-state index in [0.29, 0.717) is 0 Å². The standard InChI is InChI=1S/C12H11AsClN/c14-15-11-5-2-1-4-9(11)8-10-12(15)6-3-7-13-10/h1,3-4,6-8,13H,2,5H2. The Bertz CT molecular complexity index is 454. The summed E-state index contributed by atoms with van der Waals surface area (Å²) in [7, 11) is 0. The molecular weight excluding hydrogens is 269 g/mol. The molecule has 0 aromatic carbocycles. The molecule has 2 heterocycles. The van der Waals surface area contributed by atoms with Crippen LogP contribution in [-0.2, 0) is 0 Å². The van der Waals surface area contributed by atoms with E-state index in [1.807, 2.05) is 4.42 Å². The quantitative estimate of drug-likeness (QED) is 0.487. The van der Waals surface area contributed by atoms with Crippen LogP contribution in [0.1, 0.15) is 12.8 Å². The Morgan fingerprint density at radius 3 is 3.27 bits per heavy atom. The average Bonchev–Trinajstić information content (AvgIpc) is 2.30. The molecule has 0 spiro atoms. The summed E-state index contributed by atoms with van der Waals surface area (Å²) in [5.41, 5.74) is 3.77. The molecule has 1 nitrogen and oxygen atoms in total. The fourth-order valence-electron chi connectivity index (χ4n) is 2.04. The predicted octanol–water partition coefficient (Wildman–Crippen LogP) is 2.79. The summed E-state index contributed by atoms with van der Waals surface area (Å²) in [4.78, 5) is 2.29. The van der Waals surface area contributed by atoms with Gasteiger partial charge in [-0.1, -0.05) is 0 Å². The number of hydrogen-bond donors (Lipinski definition) is 0. The van der Waals surface area contributed by atoms with E-state index >= 15 is 0 Å². The number of hydrogen-bond acceptors (Lipinski definition) is 1. The van der Waals surface area contributed by atoms with Gasteiger partial charge in [-0.25, -0.2) is 0 Å². The van der Waals surface area contributed by atoms with E-state index in [1.165, 1.54) is 21.3 Å². The molecular formula is C12H11AsClN. The van der Waals surface area contributed by atoms with Gasteiger partial charge >= 0.3 is 101 Å². The molecule has 0 amide bonds. The van der Waals surface area contributed by atoms with Crippen molar-refractivity contribution in [2.24, 2.45) is 0 Å². The van der Waals surface area contributed by atoms with Gasteiger partial charge in [0, 0.05) is 0 Å².